The summed E-state index contributed by atoms with van der Waals surface area (Å²) in [7, 11) is 0. The Balaban J connectivity index is 1.80. The first kappa shape index (κ1) is 13.6. The van der Waals surface area contributed by atoms with Gasteiger partial charge in [0.25, 0.3) is 0 Å². The highest BCUT2D eigenvalue weighted by Crippen LogP contribution is 2.40. The van der Waals surface area contributed by atoms with Gasteiger partial charge < -0.3 is 5.32 Å². The predicted molar refractivity (Wildman–Crippen MR) is 78.8 cm³/mol. The summed E-state index contributed by atoms with van der Waals surface area (Å²) in [6.45, 7) is 7.93. The fraction of sp³-hybridized carbons (Fsp3) is 0.647. The molecule has 0 saturated heterocycles. The average molecular weight is 245 g/mol. The van der Waals surface area contributed by atoms with Crippen molar-refractivity contribution in [2.45, 2.75) is 65.0 Å². The molecule has 1 aromatic rings. The van der Waals surface area contributed by atoms with Gasteiger partial charge in [0.1, 0.15) is 0 Å². The molecule has 2 unspecified atom stereocenters. The normalized spacial score (nSPS) is 18.6. The quantitative estimate of drug-likeness (QED) is 0.747. The smallest absolute Gasteiger partial charge is 0.0208 e. The molecule has 0 aromatic heterocycles. The molecule has 1 saturated carbocycles. The Bertz CT molecular complexity index is 368. The molecule has 1 aromatic carbocycles. The van der Waals surface area contributed by atoms with E-state index >= 15 is 0 Å². The molecule has 1 nitrogen and oxygen atoms in total. The van der Waals surface area contributed by atoms with Crippen LogP contribution in [0, 0.1) is 5.92 Å². The zero-order valence-electron chi connectivity index (χ0n) is 12.1. The molecule has 1 heteroatoms. The number of benzene rings is 1. The van der Waals surface area contributed by atoms with Crippen molar-refractivity contribution in [3.05, 3.63) is 35.4 Å². The summed E-state index contributed by atoms with van der Waals surface area (Å²) >= 11 is 0. The van der Waals surface area contributed by atoms with Gasteiger partial charge in [-0.25, -0.2) is 0 Å². The van der Waals surface area contributed by atoms with Crippen molar-refractivity contribution in [3.63, 3.8) is 0 Å². The lowest BCUT2D eigenvalue weighted by Crippen LogP contribution is -2.27. The van der Waals surface area contributed by atoms with Crippen LogP contribution >= 0.6 is 0 Å². The Labute approximate surface area is 112 Å². The summed E-state index contributed by atoms with van der Waals surface area (Å²) in [5, 5.41) is 3.65. The van der Waals surface area contributed by atoms with E-state index in [1.54, 1.807) is 5.56 Å². The van der Waals surface area contributed by atoms with Gasteiger partial charge in [0.15, 0.2) is 0 Å². The Morgan fingerprint density at radius 3 is 2.72 bits per heavy atom. The Hall–Kier alpha value is -0.820. The summed E-state index contributed by atoms with van der Waals surface area (Å²) in [4.78, 5) is 0. The van der Waals surface area contributed by atoms with Crippen LogP contribution in [0.3, 0.4) is 0 Å². The van der Waals surface area contributed by atoms with E-state index in [2.05, 4.69) is 50.4 Å². The number of hydrogen-bond acceptors (Lipinski definition) is 1. The summed E-state index contributed by atoms with van der Waals surface area (Å²) in [6, 6.07) is 9.74. The van der Waals surface area contributed by atoms with E-state index in [4.69, 9.17) is 0 Å². The SMILES string of the molecule is CCC(C)CC(C)NCc1cccc(C2CC2)c1. The van der Waals surface area contributed by atoms with Gasteiger partial charge in [-0.3, -0.25) is 0 Å². The number of rotatable bonds is 7. The van der Waals surface area contributed by atoms with Crippen LogP contribution in [0.25, 0.3) is 0 Å². The predicted octanol–water partition coefficient (Wildman–Crippen LogP) is 4.48. The highest BCUT2D eigenvalue weighted by molar-refractivity contribution is 5.29. The summed E-state index contributed by atoms with van der Waals surface area (Å²) in [5.41, 5.74) is 2.99. The van der Waals surface area contributed by atoms with Crippen molar-refractivity contribution < 1.29 is 0 Å². The largest absolute Gasteiger partial charge is 0.310 e. The topological polar surface area (TPSA) is 12.0 Å². The van der Waals surface area contributed by atoms with Gasteiger partial charge in [-0.1, -0.05) is 44.5 Å². The van der Waals surface area contributed by atoms with Crippen molar-refractivity contribution >= 4 is 0 Å². The molecule has 0 aliphatic heterocycles. The first-order valence-electron chi connectivity index (χ1n) is 7.51. The summed E-state index contributed by atoms with van der Waals surface area (Å²) in [5.74, 6) is 1.69. The fourth-order valence-electron chi connectivity index (χ4n) is 2.52. The van der Waals surface area contributed by atoms with Crippen molar-refractivity contribution in [3.8, 4) is 0 Å². The molecule has 1 fully saturated rings. The average Bonchev–Trinajstić information content (AvgIpc) is 3.21. The number of nitrogens with one attached hydrogen (secondary N) is 1. The van der Waals surface area contributed by atoms with Crippen LogP contribution in [0.4, 0.5) is 0 Å². The Kier molecular flexibility index (Phi) is 4.82. The minimum atomic E-state index is 0.615. The van der Waals surface area contributed by atoms with Crippen LogP contribution in [0.5, 0.6) is 0 Å². The second-order valence-corrected chi connectivity index (χ2v) is 6.05. The Morgan fingerprint density at radius 2 is 2.06 bits per heavy atom. The van der Waals surface area contributed by atoms with Gasteiger partial charge in [0, 0.05) is 12.6 Å². The molecule has 1 aliphatic carbocycles. The molecule has 0 amide bonds. The van der Waals surface area contributed by atoms with Gasteiger partial charge in [-0.05, 0) is 49.1 Å². The molecule has 0 radical (unpaired) electrons. The van der Waals surface area contributed by atoms with E-state index in [1.165, 1.54) is 31.2 Å². The first-order valence-corrected chi connectivity index (χ1v) is 7.51. The van der Waals surface area contributed by atoms with Crippen molar-refractivity contribution in [2.75, 3.05) is 0 Å². The van der Waals surface area contributed by atoms with E-state index < -0.39 is 0 Å². The van der Waals surface area contributed by atoms with Crippen LogP contribution in [-0.2, 0) is 6.54 Å². The first-order chi connectivity index (χ1) is 8.69. The van der Waals surface area contributed by atoms with Gasteiger partial charge in [-0.15, -0.1) is 0 Å². The molecule has 18 heavy (non-hydrogen) atoms. The molecule has 0 spiro atoms. The maximum atomic E-state index is 3.65. The minimum Gasteiger partial charge on any atom is -0.310 e. The fourth-order valence-corrected chi connectivity index (χ4v) is 2.52. The van der Waals surface area contributed by atoms with Crippen LogP contribution in [0.1, 0.15) is 63.5 Å². The summed E-state index contributed by atoms with van der Waals surface area (Å²) in [6.07, 6.45) is 5.34. The molecule has 1 N–H and O–H groups in total. The maximum absolute atomic E-state index is 3.65. The lowest BCUT2D eigenvalue weighted by molar-refractivity contribution is 0.412. The lowest BCUT2D eigenvalue weighted by atomic mass is 10.00. The molecular weight excluding hydrogens is 218 g/mol. The standard InChI is InChI=1S/C17H27N/c1-4-13(2)10-14(3)18-12-15-6-5-7-17(11-15)16-8-9-16/h5-7,11,13-14,16,18H,4,8-10,12H2,1-3H3. The van der Waals surface area contributed by atoms with E-state index in [0.717, 1.165) is 18.4 Å². The molecule has 0 bridgehead atoms. The molecule has 2 rings (SSSR count). The van der Waals surface area contributed by atoms with Gasteiger partial charge in [0.05, 0.1) is 0 Å². The van der Waals surface area contributed by atoms with Crippen molar-refractivity contribution in [2.24, 2.45) is 5.92 Å². The van der Waals surface area contributed by atoms with E-state index in [-0.39, 0.29) is 0 Å². The van der Waals surface area contributed by atoms with Gasteiger partial charge >= 0.3 is 0 Å². The molecule has 100 valence electrons. The van der Waals surface area contributed by atoms with E-state index in [9.17, 15) is 0 Å². The second-order valence-electron chi connectivity index (χ2n) is 6.05. The maximum Gasteiger partial charge on any atom is 0.0208 e. The second kappa shape index (κ2) is 6.38. The lowest BCUT2D eigenvalue weighted by Gasteiger charge is -2.17. The number of hydrogen-bond donors (Lipinski definition) is 1. The zero-order valence-corrected chi connectivity index (χ0v) is 12.1. The van der Waals surface area contributed by atoms with Crippen LogP contribution in [0.15, 0.2) is 24.3 Å². The molecular formula is C17H27N. The third-order valence-electron chi connectivity index (χ3n) is 4.11. The van der Waals surface area contributed by atoms with E-state index in [0.29, 0.717) is 6.04 Å². The highest BCUT2D eigenvalue weighted by atomic mass is 14.9. The third kappa shape index (κ3) is 4.13. The van der Waals surface area contributed by atoms with Crippen molar-refractivity contribution in [1.29, 1.82) is 0 Å². The Morgan fingerprint density at radius 1 is 1.28 bits per heavy atom. The molecule has 0 heterocycles. The third-order valence-corrected chi connectivity index (χ3v) is 4.11. The van der Waals surface area contributed by atoms with Gasteiger partial charge in [0.2, 0.25) is 0 Å². The van der Waals surface area contributed by atoms with Crippen molar-refractivity contribution in [1.82, 2.24) is 5.32 Å². The monoisotopic (exact) mass is 245 g/mol. The van der Waals surface area contributed by atoms with Crippen LogP contribution in [0.2, 0.25) is 0 Å². The van der Waals surface area contributed by atoms with Crippen LogP contribution in [-0.4, -0.2) is 6.04 Å². The minimum absolute atomic E-state index is 0.615. The van der Waals surface area contributed by atoms with E-state index in [1.807, 2.05) is 0 Å². The molecule has 2 atom stereocenters. The highest BCUT2D eigenvalue weighted by Gasteiger charge is 2.23. The van der Waals surface area contributed by atoms with Crippen LogP contribution < -0.4 is 5.32 Å². The molecule has 1 aliphatic rings. The van der Waals surface area contributed by atoms with Gasteiger partial charge in [-0.2, -0.15) is 0 Å². The summed E-state index contributed by atoms with van der Waals surface area (Å²) < 4.78 is 0. The zero-order chi connectivity index (χ0) is 13.0.